The van der Waals surface area contributed by atoms with Crippen molar-refractivity contribution < 1.29 is 5.11 Å². The summed E-state index contributed by atoms with van der Waals surface area (Å²) in [6.45, 7) is 4.51. The van der Waals surface area contributed by atoms with Crippen molar-refractivity contribution in [3.05, 3.63) is 47.7 Å². The van der Waals surface area contributed by atoms with E-state index in [1.54, 1.807) is 0 Å². The van der Waals surface area contributed by atoms with Crippen LogP contribution in [0.2, 0.25) is 0 Å². The predicted octanol–water partition coefficient (Wildman–Crippen LogP) is 8.26. The van der Waals surface area contributed by atoms with Gasteiger partial charge in [0.25, 0.3) is 0 Å². The Morgan fingerprint density at radius 2 is 1.21 bits per heavy atom. The molecule has 0 bridgehead atoms. The third-order valence-corrected chi connectivity index (χ3v) is 5.80. The van der Waals surface area contributed by atoms with Crippen LogP contribution in [0.15, 0.2) is 36.5 Å². The quantitative estimate of drug-likeness (QED) is 0.308. The zero-order valence-electron chi connectivity index (χ0n) is 18.8. The number of hydrogen-bond donors (Lipinski definition) is 1. The van der Waals surface area contributed by atoms with Gasteiger partial charge >= 0.3 is 0 Å². The summed E-state index contributed by atoms with van der Waals surface area (Å²) >= 11 is 0. The SMILES string of the molecule is CCCCCCCCCc1ccc(-c2ccc(CCCCCCC)cn2)c(O)c1. The first-order valence-electron chi connectivity index (χ1n) is 12.0. The fourth-order valence-corrected chi connectivity index (χ4v) is 3.90. The lowest BCUT2D eigenvalue weighted by Crippen LogP contribution is -1.91. The molecule has 0 saturated carbocycles. The highest BCUT2D eigenvalue weighted by atomic mass is 16.3. The molecule has 0 aliphatic carbocycles. The summed E-state index contributed by atoms with van der Waals surface area (Å²) < 4.78 is 0. The Hall–Kier alpha value is -1.83. The van der Waals surface area contributed by atoms with Crippen molar-refractivity contribution >= 4 is 0 Å². The van der Waals surface area contributed by atoms with E-state index in [1.807, 2.05) is 24.4 Å². The molecule has 0 unspecified atom stereocenters. The molecule has 2 nitrogen and oxygen atoms in total. The number of aromatic nitrogens is 1. The molecule has 1 aromatic carbocycles. The second-order valence-electron chi connectivity index (χ2n) is 8.44. The van der Waals surface area contributed by atoms with Gasteiger partial charge in [-0.15, -0.1) is 0 Å². The van der Waals surface area contributed by atoms with E-state index < -0.39 is 0 Å². The fourth-order valence-electron chi connectivity index (χ4n) is 3.90. The van der Waals surface area contributed by atoms with Crippen LogP contribution in [-0.4, -0.2) is 10.1 Å². The van der Waals surface area contributed by atoms with Gasteiger partial charge in [0.2, 0.25) is 0 Å². The average Bonchev–Trinajstić information content (AvgIpc) is 2.74. The van der Waals surface area contributed by atoms with E-state index >= 15 is 0 Å². The van der Waals surface area contributed by atoms with Gasteiger partial charge in [-0.2, -0.15) is 0 Å². The number of unbranched alkanes of at least 4 members (excludes halogenated alkanes) is 10. The maximum Gasteiger partial charge on any atom is 0.125 e. The van der Waals surface area contributed by atoms with Crippen LogP contribution in [0.1, 0.15) is 102 Å². The van der Waals surface area contributed by atoms with Gasteiger partial charge in [-0.25, -0.2) is 0 Å². The minimum absolute atomic E-state index is 0.352. The Morgan fingerprint density at radius 3 is 1.76 bits per heavy atom. The molecular weight excluding hydrogens is 354 g/mol. The van der Waals surface area contributed by atoms with Crippen LogP contribution >= 0.6 is 0 Å². The minimum Gasteiger partial charge on any atom is -0.507 e. The van der Waals surface area contributed by atoms with Gasteiger partial charge in [0.05, 0.1) is 5.69 Å². The lowest BCUT2D eigenvalue weighted by Gasteiger charge is -2.08. The predicted molar refractivity (Wildman–Crippen MR) is 125 cm³/mol. The molecule has 2 heteroatoms. The molecule has 0 aliphatic heterocycles. The third-order valence-electron chi connectivity index (χ3n) is 5.80. The van der Waals surface area contributed by atoms with Crippen LogP contribution in [-0.2, 0) is 12.8 Å². The molecule has 1 aromatic heterocycles. The molecule has 160 valence electrons. The minimum atomic E-state index is 0.352. The fraction of sp³-hybridized carbons (Fsp3) is 0.593. The summed E-state index contributed by atoms with van der Waals surface area (Å²) in [7, 11) is 0. The number of pyridine rings is 1. The van der Waals surface area contributed by atoms with Crippen molar-refractivity contribution in [2.45, 2.75) is 104 Å². The van der Waals surface area contributed by atoms with Gasteiger partial charge in [-0.05, 0) is 55.0 Å². The van der Waals surface area contributed by atoms with Crippen LogP contribution < -0.4 is 0 Å². The Morgan fingerprint density at radius 1 is 0.655 bits per heavy atom. The van der Waals surface area contributed by atoms with Gasteiger partial charge in [0.1, 0.15) is 5.75 Å². The van der Waals surface area contributed by atoms with Crippen LogP contribution in [0, 0.1) is 0 Å². The Bertz CT molecular complexity index is 677. The summed E-state index contributed by atoms with van der Waals surface area (Å²) in [6.07, 6.45) is 19.8. The summed E-state index contributed by atoms with van der Waals surface area (Å²) in [6, 6.07) is 10.3. The highest BCUT2D eigenvalue weighted by Gasteiger charge is 2.07. The molecule has 1 heterocycles. The Labute approximate surface area is 178 Å². The maximum atomic E-state index is 10.5. The number of phenols is 1. The van der Waals surface area contributed by atoms with E-state index in [0.29, 0.717) is 5.75 Å². The molecule has 29 heavy (non-hydrogen) atoms. The van der Waals surface area contributed by atoms with Crippen molar-refractivity contribution in [3.63, 3.8) is 0 Å². The zero-order chi connectivity index (χ0) is 20.7. The first kappa shape index (κ1) is 23.4. The second-order valence-corrected chi connectivity index (χ2v) is 8.44. The summed E-state index contributed by atoms with van der Waals surface area (Å²) in [5.74, 6) is 0.352. The first-order chi connectivity index (χ1) is 14.2. The summed E-state index contributed by atoms with van der Waals surface area (Å²) in [4.78, 5) is 4.61. The van der Waals surface area contributed by atoms with Gasteiger partial charge in [-0.1, -0.05) is 90.2 Å². The first-order valence-corrected chi connectivity index (χ1v) is 12.0. The number of rotatable bonds is 15. The average molecular weight is 396 g/mol. The van der Waals surface area contributed by atoms with Crippen molar-refractivity contribution in [1.82, 2.24) is 4.98 Å². The van der Waals surface area contributed by atoms with Crippen LogP contribution in [0.3, 0.4) is 0 Å². The van der Waals surface area contributed by atoms with E-state index in [0.717, 1.165) is 24.1 Å². The van der Waals surface area contributed by atoms with Crippen LogP contribution in [0.5, 0.6) is 5.75 Å². The molecule has 0 saturated heterocycles. The molecule has 0 spiro atoms. The van der Waals surface area contributed by atoms with Gasteiger partial charge in [-0.3, -0.25) is 4.98 Å². The highest BCUT2D eigenvalue weighted by molar-refractivity contribution is 5.67. The highest BCUT2D eigenvalue weighted by Crippen LogP contribution is 2.29. The molecule has 0 atom stereocenters. The lowest BCUT2D eigenvalue weighted by atomic mass is 10.0. The van der Waals surface area contributed by atoms with E-state index in [1.165, 1.54) is 88.2 Å². The van der Waals surface area contributed by atoms with E-state index in [4.69, 9.17) is 0 Å². The number of benzene rings is 1. The molecule has 0 aliphatic rings. The van der Waals surface area contributed by atoms with E-state index in [2.05, 4.69) is 31.0 Å². The molecule has 0 radical (unpaired) electrons. The zero-order valence-corrected chi connectivity index (χ0v) is 18.8. The van der Waals surface area contributed by atoms with Gasteiger partial charge < -0.3 is 5.11 Å². The maximum absolute atomic E-state index is 10.5. The van der Waals surface area contributed by atoms with Crippen molar-refractivity contribution in [2.75, 3.05) is 0 Å². The summed E-state index contributed by atoms with van der Waals surface area (Å²) in [5.41, 5.74) is 4.21. The topological polar surface area (TPSA) is 33.1 Å². The number of hydrogen-bond acceptors (Lipinski definition) is 2. The number of aryl methyl sites for hydroxylation is 2. The van der Waals surface area contributed by atoms with Gasteiger partial charge in [0.15, 0.2) is 0 Å². The molecule has 1 N–H and O–H groups in total. The van der Waals surface area contributed by atoms with E-state index in [-0.39, 0.29) is 0 Å². The number of phenolic OH excluding ortho intramolecular Hbond substituents is 1. The third kappa shape index (κ3) is 9.02. The van der Waals surface area contributed by atoms with E-state index in [9.17, 15) is 5.11 Å². The van der Waals surface area contributed by atoms with Crippen LogP contribution in [0.4, 0.5) is 0 Å². The molecule has 0 fully saturated rings. The molecule has 0 amide bonds. The molecular formula is C27H41NO. The van der Waals surface area contributed by atoms with Gasteiger partial charge in [0, 0.05) is 11.8 Å². The van der Waals surface area contributed by atoms with Crippen molar-refractivity contribution in [1.29, 1.82) is 0 Å². The number of aromatic hydroxyl groups is 1. The largest absolute Gasteiger partial charge is 0.507 e. The van der Waals surface area contributed by atoms with Crippen LogP contribution in [0.25, 0.3) is 11.3 Å². The monoisotopic (exact) mass is 395 g/mol. The lowest BCUT2D eigenvalue weighted by molar-refractivity contribution is 0.476. The Balaban J connectivity index is 1.78. The normalized spacial score (nSPS) is 11.1. The second kappa shape index (κ2) is 14.2. The Kier molecular flexibility index (Phi) is 11.5. The smallest absolute Gasteiger partial charge is 0.125 e. The summed E-state index contributed by atoms with van der Waals surface area (Å²) in [5, 5.41) is 10.5. The van der Waals surface area contributed by atoms with Crippen molar-refractivity contribution in [3.8, 4) is 17.0 Å². The molecule has 2 rings (SSSR count). The number of nitrogens with zero attached hydrogens (tertiary/aromatic N) is 1. The standard InChI is InChI=1S/C27H41NO/c1-3-5-7-9-10-12-13-15-23-17-19-25(27(29)21-23)26-20-18-24(22-28-26)16-14-11-8-6-4-2/h17-22,29H,3-16H2,1-2H3. The van der Waals surface area contributed by atoms with Crippen molar-refractivity contribution in [2.24, 2.45) is 0 Å². The molecule has 2 aromatic rings.